The number of hydrogen-bond acceptors (Lipinski definition) is 3. The number of urea groups is 1. The third kappa shape index (κ3) is 11.3. The SMILES string of the molecule is CC1CCCN(C(=O)NC/C=C/S(C)(=O)=O)CC1.CCC.[HH]. The van der Waals surface area contributed by atoms with Crippen LogP contribution in [0.3, 0.4) is 0 Å². The predicted octanol–water partition coefficient (Wildman–Crippen LogP) is 3.04. The first-order chi connectivity index (χ1) is 9.80. The Morgan fingerprint density at radius 3 is 2.52 bits per heavy atom. The van der Waals surface area contributed by atoms with Crippen molar-refractivity contribution in [2.24, 2.45) is 5.92 Å². The fourth-order valence-corrected chi connectivity index (χ4v) is 2.39. The van der Waals surface area contributed by atoms with Crippen LogP contribution in [0.25, 0.3) is 0 Å². The number of carbonyl (C=O) groups excluding carboxylic acids is 1. The highest BCUT2D eigenvalue weighted by molar-refractivity contribution is 7.93. The van der Waals surface area contributed by atoms with Gasteiger partial charge in [-0.05, 0) is 25.2 Å². The van der Waals surface area contributed by atoms with Gasteiger partial charge >= 0.3 is 6.03 Å². The maximum Gasteiger partial charge on any atom is 0.317 e. The van der Waals surface area contributed by atoms with Crippen LogP contribution in [-0.2, 0) is 9.84 Å². The zero-order valence-electron chi connectivity index (χ0n) is 13.8. The third-order valence-corrected chi connectivity index (χ3v) is 3.71. The van der Waals surface area contributed by atoms with Crippen molar-refractivity contribution >= 4 is 15.9 Å². The van der Waals surface area contributed by atoms with Crippen molar-refractivity contribution in [3.63, 3.8) is 0 Å². The first-order valence-electron chi connectivity index (χ1n) is 7.69. The lowest BCUT2D eigenvalue weighted by atomic mass is 10.0. The molecule has 21 heavy (non-hydrogen) atoms. The molecule has 1 fully saturated rings. The first-order valence-corrected chi connectivity index (χ1v) is 9.65. The fourth-order valence-electron chi connectivity index (χ4n) is 1.95. The van der Waals surface area contributed by atoms with Gasteiger partial charge in [0.05, 0.1) is 0 Å². The van der Waals surface area contributed by atoms with Gasteiger partial charge < -0.3 is 10.2 Å². The van der Waals surface area contributed by atoms with Crippen molar-refractivity contribution in [3.8, 4) is 0 Å². The van der Waals surface area contributed by atoms with Gasteiger partial charge in [-0.1, -0.05) is 33.3 Å². The van der Waals surface area contributed by atoms with Gasteiger partial charge in [-0.2, -0.15) is 0 Å². The number of nitrogens with one attached hydrogen (secondary N) is 1. The Balaban J connectivity index is 0. The van der Waals surface area contributed by atoms with E-state index in [1.807, 2.05) is 0 Å². The second-order valence-corrected chi connectivity index (χ2v) is 7.55. The summed E-state index contributed by atoms with van der Waals surface area (Å²) in [4.78, 5) is 13.6. The Kier molecular flexibility index (Phi) is 10.1. The zero-order valence-corrected chi connectivity index (χ0v) is 14.6. The molecule has 0 aliphatic carbocycles. The average Bonchev–Trinajstić information content (AvgIpc) is 2.59. The van der Waals surface area contributed by atoms with Crippen LogP contribution in [-0.4, -0.2) is 45.2 Å². The van der Waals surface area contributed by atoms with Crippen LogP contribution in [0, 0.1) is 5.92 Å². The van der Waals surface area contributed by atoms with Crippen molar-refractivity contribution in [2.75, 3.05) is 25.9 Å². The molecule has 126 valence electrons. The molecule has 0 spiro atoms. The van der Waals surface area contributed by atoms with Crippen LogP contribution < -0.4 is 5.32 Å². The molecule has 1 N–H and O–H groups in total. The summed E-state index contributed by atoms with van der Waals surface area (Å²) in [5.74, 6) is 0.674. The fraction of sp³-hybridized carbons (Fsp3) is 0.800. The van der Waals surface area contributed by atoms with E-state index in [4.69, 9.17) is 0 Å². The summed E-state index contributed by atoms with van der Waals surface area (Å²) in [6.07, 6.45) is 7.06. The molecule has 2 amide bonds. The molecule has 5 nitrogen and oxygen atoms in total. The van der Waals surface area contributed by atoms with E-state index in [9.17, 15) is 13.2 Å². The maximum atomic E-state index is 11.8. The van der Waals surface area contributed by atoms with E-state index in [2.05, 4.69) is 26.1 Å². The molecule has 0 aromatic rings. The highest BCUT2D eigenvalue weighted by Gasteiger charge is 2.17. The minimum Gasteiger partial charge on any atom is -0.334 e. The first kappa shape index (κ1) is 20.0. The summed E-state index contributed by atoms with van der Waals surface area (Å²) in [6.45, 7) is 8.27. The quantitative estimate of drug-likeness (QED) is 0.869. The molecular weight excluding hydrogens is 288 g/mol. The lowest BCUT2D eigenvalue weighted by Crippen LogP contribution is -2.40. The van der Waals surface area contributed by atoms with Gasteiger partial charge in [-0.15, -0.1) is 0 Å². The molecule has 0 radical (unpaired) electrons. The number of hydrogen-bond donors (Lipinski definition) is 1. The van der Waals surface area contributed by atoms with Crippen LogP contribution in [0.15, 0.2) is 11.5 Å². The topological polar surface area (TPSA) is 66.5 Å². The molecule has 1 heterocycles. The van der Waals surface area contributed by atoms with Gasteiger partial charge in [0, 0.05) is 32.7 Å². The molecule has 1 atom stereocenters. The van der Waals surface area contributed by atoms with Gasteiger partial charge in [-0.25, -0.2) is 13.2 Å². The van der Waals surface area contributed by atoms with Crippen molar-refractivity contribution < 1.29 is 14.6 Å². The monoisotopic (exact) mass is 320 g/mol. The molecule has 1 saturated heterocycles. The highest BCUT2D eigenvalue weighted by atomic mass is 32.2. The van der Waals surface area contributed by atoms with E-state index in [-0.39, 0.29) is 14.0 Å². The summed E-state index contributed by atoms with van der Waals surface area (Å²) in [7, 11) is -3.11. The number of likely N-dealkylation sites (tertiary alicyclic amines) is 1. The molecule has 1 aliphatic heterocycles. The second kappa shape index (κ2) is 10.7. The van der Waals surface area contributed by atoms with Crippen molar-refractivity contribution in [3.05, 3.63) is 11.5 Å². The van der Waals surface area contributed by atoms with Crippen LogP contribution in [0.1, 0.15) is 47.9 Å². The summed E-state index contributed by atoms with van der Waals surface area (Å²) in [5.41, 5.74) is 0. The minimum absolute atomic E-state index is 0. The molecule has 0 aromatic carbocycles. The van der Waals surface area contributed by atoms with Gasteiger partial charge in [-0.3, -0.25) is 0 Å². The minimum atomic E-state index is -3.11. The van der Waals surface area contributed by atoms with Crippen LogP contribution >= 0.6 is 0 Å². The summed E-state index contributed by atoms with van der Waals surface area (Å²) < 4.78 is 21.7. The highest BCUT2D eigenvalue weighted by Crippen LogP contribution is 2.16. The Bertz CT molecular complexity index is 425. The van der Waals surface area contributed by atoms with Crippen LogP contribution in [0.4, 0.5) is 4.79 Å². The average molecular weight is 320 g/mol. The Labute approximate surface area is 131 Å². The van der Waals surface area contributed by atoms with Crippen LogP contribution in [0.5, 0.6) is 0 Å². The van der Waals surface area contributed by atoms with Gasteiger partial charge in [0.25, 0.3) is 0 Å². The van der Waals surface area contributed by atoms with E-state index in [1.165, 1.54) is 12.5 Å². The summed E-state index contributed by atoms with van der Waals surface area (Å²) in [5, 5.41) is 3.81. The summed E-state index contributed by atoms with van der Waals surface area (Å²) >= 11 is 0. The Hall–Kier alpha value is -1.04. The molecule has 0 saturated carbocycles. The van der Waals surface area contributed by atoms with Gasteiger partial charge in [0.15, 0.2) is 9.84 Å². The third-order valence-electron chi connectivity index (χ3n) is 3.02. The van der Waals surface area contributed by atoms with Gasteiger partial charge in [0.1, 0.15) is 0 Å². The lowest BCUT2D eigenvalue weighted by Gasteiger charge is -2.20. The zero-order chi connectivity index (χ0) is 16.3. The number of carbonyl (C=O) groups is 1. The largest absolute Gasteiger partial charge is 0.334 e. The number of nitrogens with zero attached hydrogens (tertiary/aromatic N) is 1. The number of rotatable bonds is 3. The van der Waals surface area contributed by atoms with Crippen molar-refractivity contribution in [2.45, 2.75) is 46.5 Å². The maximum absolute atomic E-state index is 11.8. The van der Waals surface area contributed by atoms with E-state index in [1.54, 1.807) is 4.90 Å². The molecule has 0 aromatic heterocycles. The number of amides is 2. The second-order valence-electron chi connectivity index (χ2n) is 5.62. The Morgan fingerprint density at radius 2 is 1.95 bits per heavy atom. The van der Waals surface area contributed by atoms with E-state index < -0.39 is 9.84 Å². The van der Waals surface area contributed by atoms with Crippen molar-refractivity contribution in [1.29, 1.82) is 0 Å². The molecule has 1 aliphatic rings. The van der Waals surface area contributed by atoms with Crippen LogP contribution in [0.2, 0.25) is 0 Å². The molecule has 0 bridgehead atoms. The standard InChI is InChI=1S/C12H22N2O3S.C3H8.H2/c1-11-5-3-8-14(9-6-11)12(15)13-7-4-10-18(2,16)17;1-3-2;/h4,10-11H,3,5-9H2,1-2H3,(H,13,15);3H2,1-2H3;1H/b10-4+;;. The predicted molar refractivity (Wildman–Crippen MR) is 90.0 cm³/mol. The Morgan fingerprint density at radius 1 is 1.33 bits per heavy atom. The van der Waals surface area contributed by atoms with Crippen molar-refractivity contribution in [1.82, 2.24) is 10.2 Å². The van der Waals surface area contributed by atoms with E-state index in [0.29, 0.717) is 5.92 Å². The van der Waals surface area contributed by atoms with E-state index in [0.717, 1.165) is 44.0 Å². The molecule has 1 unspecified atom stereocenters. The number of sulfone groups is 1. The molecule has 1 rings (SSSR count). The molecular formula is C15H32N2O3S. The lowest BCUT2D eigenvalue weighted by molar-refractivity contribution is 0.200. The molecule has 6 heteroatoms. The van der Waals surface area contributed by atoms with Gasteiger partial charge in [0.2, 0.25) is 0 Å². The van der Waals surface area contributed by atoms with E-state index >= 15 is 0 Å². The normalized spacial score (nSPS) is 19.6. The summed E-state index contributed by atoms with van der Waals surface area (Å²) in [6, 6.07) is -0.109. The smallest absolute Gasteiger partial charge is 0.317 e.